The first-order valence-corrected chi connectivity index (χ1v) is 7.76. The van der Waals surface area contributed by atoms with Gasteiger partial charge >= 0.3 is 5.97 Å². The van der Waals surface area contributed by atoms with Gasteiger partial charge in [-0.3, -0.25) is 9.59 Å². The van der Waals surface area contributed by atoms with Crippen molar-refractivity contribution < 1.29 is 14.3 Å². The molecule has 1 heterocycles. The lowest BCUT2D eigenvalue weighted by molar-refractivity contribution is -0.145. The van der Waals surface area contributed by atoms with Crippen LogP contribution in [0.2, 0.25) is 10.0 Å². The van der Waals surface area contributed by atoms with Crippen LogP contribution in [0.1, 0.15) is 12.8 Å². The third-order valence-corrected chi connectivity index (χ3v) is 5.52. The number of carbonyl (C=O) groups is 2. The molecule has 0 radical (unpaired) electrons. The number of rotatable bonds is 2. The maximum atomic E-state index is 12.6. The fraction of sp³-hybridized carbons (Fsp3) is 0.467. The molecule has 3 aliphatic rings. The second-order valence-corrected chi connectivity index (χ2v) is 6.88. The summed E-state index contributed by atoms with van der Waals surface area (Å²) in [5.41, 5.74) is 0.525. The van der Waals surface area contributed by atoms with Crippen molar-refractivity contribution >= 4 is 40.8 Å². The lowest BCUT2D eigenvalue weighted by Crippen LogP contribution is -2.35. The van der Waals surface area contributed by atoms with Crippen LogP contribution in [0.15, 0.2) is 18.2 Å². The predicted octanol–water partition coefficient (Wildman–Crippen LogP) is 3.13. The van der Waals surface area contributed by atoms with Crippen LogP contribution in [-0.4, -0.2) is 18.0 Å². The highest BCUT2D eigenvalue weighted by Crippen LogP contribution is 2.57. The average molecular weight is 326 g/mol. The van der Waals surface area contributed by atoms with Gasteiger partial charge in [0, 0.05) is 10.9 Å². The molecule has 4 nitrogen and oxygen atoms in total. The quantitative estimate of drug-likeness (QED) is 0.850. The third-order valence-electron chi connectivity index (χ3n) is 4.97. The van der Waals surface area contributed by atoms with E-state index in [9.17, 15) is 9.59 Å². The summed E-state index contributed by atoms with van der Waals surface area (Å²) < 4.78 is 5.35. The summed E-state index contributed by atoms with van der Waals surface area (Å²) in [6, 6.07) is 4.93. The highest BCUT2D eigenvalue weighted by atomic mass is 35.5. The summed E-state index contributed by atoms with van der Waals surface area (Å²) in [6.45, 7) is 0. The third kappa shape index (κ3) is 1.96. The van der Waals surface area contributed by atoms with Gasteiger partial charge in [0.05, 0.1) is 22.5 Å². The molecule has 1 aromatic carbocycles. The molecule has 0 spiro atoms. The van der Waals surface area contributed by atoms with E-state index in [0.717, 1.165) is 12.8 Å². The van der Waals surface area contributed by atoms with Crippen LogP contribution in [0, 0.1) is 23.7 Å². The van der Waals surface area contributed by atoms with Crippen LogP contribution in [0.25, 0.3) is 0 Å². The Kier molecular flexibility index (Phi) is 2.95. The van der Waals surface area contributed by atoms with Crippen molar-refractivity contribution in [3.8, 4) is 0 Å². The number of benzene rings is 1. The first-order valence-electron chi connectivity index (χ1n) is 7.01. The van der Waals surface area contributed by atoms with Crippen LogP contribution in [0.5, 0.6) is 0 Å². The average Bonchev–Trinajstić information content (AvgIpc) is 3.02. The molecule has 4 rings (SSSR count). The minimum Gasteiger partial charge on any atom is -0.462 e. The van der Waals surface area contributed by atoms with E-state index < -0.39 is 0 Å². The molecule has 2 saturated carbocycles. The summed E-state index contributed by atoms with van der Waals surface area (Å²) in [5.74, 6) is -0.476. The van der Waals surface area contributed by atoms with E-state index in [1.165, 1.54) is 0 Å². The Morgan fingerprint density at radius 3 is 2.86 bits per heavy atom. The number of nitrogens with one attached hydrogen (secondary N) is 1. The molecule has 6 heteroatoms. The van der Waals surface area contributed by atoms with Crippen molar-refractivity contribution in [2.75, 3.05) is 5.32 Å². The van der Waals surface area contributed by atoms with Crippen LogP contribution in [0.4, 0.5) is 5.69 Å². The lowest BCUT2D eigenvalue weighted by atomic mass is 9.79. The van der Waals surface area contributed by atoms with E-state index in [1.807, 2.05) is 0 Å². The number of anilines is 1. The normalized spacial score (nSPS) is 35.9. The molecule has 110 valence electrons. The molecule has 0 aromatic heterocycles. The number of carbonyl (C=O) groups excluding carboxylic acids is 2. The number of esters is 1. The summed E-state index contributed by atoms with van der Waals surface area (Å²) in [6.07, 6.45) is 1.75. The second-order valence-electron chi connectivity index (χ2n) is 6.04. The lowest BCUT2D eigenvalue weighted by Gasteiger charge is -2.23. The smallest absolute Gasteiger partial charge is 0.310 e. The molecular weight excluding hydrogens is 313 g/mol. The second kappa shape index (κ2) is 4.62. The van der Waals surface area contributed by atoms with Crippen molar-refractivity contribution in [1.82, 2.24) is 0 Å². The maximum Gasteiger partial charge on any atom is 0.310 e. The Morgan fingerprint density at radius 1 is 1.29 bits per heavy atom. The first kappa shape index (κ1) is 13.4. The summed E-state index contributed by atoms with van der Waals surface area (Å²) >= 11 is 11.9. The fourth-order valence-corrected chi connectivity index (χ4v) is 4.63. The topological polar surface area (TPSA) is 55.4 Å². The molecule has 2 aliphatic carbocycles. The monoisotopic (exact) mass is 325 g/mol. The van der Waals surface area contributed by atoms with Crippen LogP contribution in [0.3, 0.4) is 0 Å². The minimum absolute atomic E-state index is 0.0377. The summed E-state index contributed by atoms with van der Waals surface area (Å²) in [5, 5.41) is 3.74. The number of hydrogen-bond acceptors (Lipinski definition) is 3. The number of ether oxygens (including phenoxy) is 1. The largest absolute Gasteiger partial charge is 0.462 e. The Hall–Kier alpha value is -1.26. The Balaban J connectivity index is 1.57. The molecule has 1 aromatic rings. The van der Waals surface area contributed by atoms with Crippen LogP contribution < -0.4 is 5.32 Å². The Bertz CT molecular complexity index is 646. The van der Waals surface area contributed by atoms with Crippen molar-refractivity contribution in [2.24, 2.45) is 23.7 Å². The van der Waals surface area contributed by atoms with Crippen LogP contribution >= 0.6 is 23.2 Å². The zero-order valence-corrected chi connectivity index (χ0v) is 12.5. The van der Waals surface area contributed by atoms with Crippen molar-refractivity contribution in [3.63, 3.8) is 0 Å². The van der Waals surface area contributed by atoms with E-state index in [-0.39, 0.29) is 41.7 Å². The van der Waals surface area contributed by atoms with Crippen molar-refractivity contribution in [3.05, 3.63) is 28.2 Å². The van der Waals surface area contributed by atoms with Gasteiger partial charge in [-0.25, -0.2) is 0 Å². The van der Waals surface area contributed by atoms with Gasteiger partial charge in [0.25, 0.3) is 0 Å². The molecule has 21 heavy (non-hydrogen) atoms. The molecule has 1 amide bonds. The van der Waals surface area contributed by atoms with Gasteiger partial charge in [0.15, 0.2) is 0 Å². The standard InChI is InChI=1S/C15H13Cl2NO3/c16-7-1-2-10(9(17)5-7)18-14(19)12-6-3-8-11(4-6)21-15(20)13(8)12/h1-2,5-6,8,11-13H,3-4H2,(H,18,19). The van der Waals surface area contributed by atoms with Gasteiger partial charge in [0.1, 0.15) is 6.10 Å². The molecule has 1 saturated heterocycles. The van der Waals surface area contributed by atoms with Crippen LogP contribution in [-0.2, 0) is 14.3 Å². The minimum atomic E-state index is -0.298. The number of hydrogen-bond donors (Lipinski definition) is 1. The van der Waals surface area contributed by atoms with Gasteiger partial charge < -0.3 is 10.1 Å². The highest BCUT2D eigenvalue weighted by Gasteiger charge is 2.63. The van der Waals surface area contributed by atoms with E-state index >= 15 is 0 Å². The molecule has 5 atom stereocenters. The number of fused-ring (bicyclic) bond motifs is 1. The van der Waals surface area contributed by atoms with Gasteiger partial charge in [-0.15, -0.1) is 0 Å². The molecule has 3 fully saturated rings. The number of amides is 1. The zero-order valence-electron chi connectivity index (χ0n) is 11.0. The van der Waals surface area contributed by atoms with Gasteiger partial charge in [-0.05, 0) is 37.0 Å². The van der Waals surface area contributed by atoms with Gasteiger partial charge in [0.2, 0.25) is 5.91 Å². The molecule has 1 N–H and O–H groups in total. The highest BCUT2D eigenvalue weighted by molar-refractivity contribution is 6.36. The van der Waals surface area contributed by atoms with E-state index in [2.05, 4.69) is 5.32 Å². The van der Waals surface area contributed by atoms with E-state index in [1.54, 1.807) is 18.2 Å². The van der Waals surface area contributed by atoms with E-state index in [0.29, 0.717) is 15.7 Å². The number of halogens is 2. The SMILES string of the molecule is O=C(Nc1ccc(Cl)cc1Cl)C1C2CC3OC(=O)C1C3C2. The predicted molar refractivity (Wildman–Crippen MR) is 78.2 cm³/mol. The molecule has 2 bridgehead atoms. The zero-order chi connectivity index (χ0) is 14.7. The maximum absolute atomic E-state index is 12.6. The Morgan fingerprint density at radius 2 is 2.10 bits per heavy atom. The molecule has 5 unspecified atom stereocenters. The first-order chi connectivity index (χ1) is 10.0. The molecular formula is C15H13Cl2NO3. The summed E-state index contributed by atoms with van der Waals surface area (Å²) in [7, 11) is 0. The fourth-order valence-electron chi connectivity index (χ4n) is 4.17. The van der Waals surface area contributed by atoms with Crippen molar-refractivity contribution in [2.45, 2.75) is 18.9 Å². The Labute approximate surface area is 131 Å². The molecule has 1 aliphatic heterocycles. The van der Waals surface area contributed by atoms with Crippen molar-refractivity contribution in [1.29, 1.82) is 0 Å². The van der Waals surface area contributed by atoms with Gasteiger partial charge in [-0.2, -0.15) is 0 Å². The summed E-state index contributed by atoms with van der Waals surface area (Å²) in [4.78, 5) is 24.5. The van der Waals surface area contributed by atoms with E-state index in [4.69, 9.17) is 27.9 Å². The van der Waals surface area contributed by atoms with Gasteiger partial charge in [-0.1, -0.05) is 23.2 Å².